The Balaban J connectivity index is 1.83. The summed E-state index contributed by atoms with van der Waals surface area (Å²) >= 11 is 5.84. The lowest BCUT2D eigenvalue weighted by molar-refractivity contribution is -0.128. The highest BCUT2D eigenvalue weighted by atomic mass is 35.5. The minimum absolute atomic E-state index is 0.0982. The molecule has 0 aliphatic rings. The summed E-state index contributed by atoms with van der Waals surface area (Å²) in [5.74, 6) is 0.147. The second-order valence-corrected chi connectivity index (χ2v) is 9.93. The van der Waals surface area contributed by atoms with Crippen LogP contribution in [0.3, 0.4) is 0 Å². The van der Waals surface area contributed by atoms with Gasteiger partial charge in [0.25, 0.3) is 10.0 Å². The smallest absolute Gasteiger partial charge is 0.268 e. The molecule has 0 spiro atoms. The summed E-state index contributed by atoms with van der Waals surface area (Å²) in [5.41, 5.74) is 1.95. The van der Waals surface area contributed by atoms with Crippen molar-refractivity contribution in [1.82, 2.24) is 9.29 Å². The number of carbonyl (C=O) groups excluding carboxylic acids is 1. The zero-order chi connectivity index (χ0) is 21.2. The molecule has 0 radical (unpaired) electrons. The highest BCUT2D eigenvalue weighted by Crippen LogP contribution is 2.24. The molecule has 0 bridgehead atoms. The van der Waals surface area contributed by atoms with Crippen LogP contribution in [0.4, 0.5) is 0 Å². The number of hydrogen-bond acceptors (Lipinski definition) is 3. The van der Waals surface area contributed by atoms with Gasteiger partial charge in [-0.1, -0.05) is 29.8 Å². The van der Waals surface area contributed by atoms with E-state index in [9.17, 15) is 13.2 Å². The first-order chi connectivity index (χ1) is 13.6. The van der Waals surface area contributed by atoms with Crippen LogP contribution in [0.15, 0.2) is 59.6 Å². The van der Waals surface area contributed by atoms with E-state index in [1.54, 1.807) is 50.4 Å². The van der Waals surface area contributed by atoms with Crippen molar-refractivity contribution in [2.24, 2.45) is 5.41 Å². The molecular formula is C22H25ClN2O3S. The highest BCUT2D eigenvalue weighted by molar-refractivity contribution is 7.90. The Morgan fingerprint density at radius 1 is 1.10 bits per heavy atom. The zero-order valence-electron chi connectivity index (χ0n) is 16.8. The fraction of sp³-hybridized carbons (Fsp3) is 0.318. The largest absolute Gasteiger partial charge is 0.355 e. The third-order valence-corrected chi connectivity index (χ3v) is 7.32. The van der Waals surface area contributed by atoms with Crippen LogP contribution in [0.5, 0.6) is 0 Å². The fourth-order valence-corrected chi connectivity index (χ4v) is 4.43. The molecule has 154 valence electrons. The summed E-state index contributed by atoms with van der Waals surface area (Å²) in [7, 11) is -3.68. The first-order valence-corrected chi connectivity index (χ1v) is 11.4. The first kappa shape index (κ1) is 21.4. The van der Waals surface area contributed by atoms with Gasteiger partial charge < -0.3 is 5.32 Å². The number of carbonyl (C=O) groups is 1. The molecule has 0 aliphatic carbocycles. The van der Waals surface area contributed by atoms with Gasteiger partial charge in [-0.25, -0.2) is 12.4 Å². The summed E-state index contributed by atoms with van der Waals surface area (Å²) in [6, 6.07) is 14.3. The molecule has 1 amide bonds. The number of aromatic nitrogens is 1. The number of alkyl halides is 1. The lowest BCUT2D eigenvalue weighted by Crippen LogP contribution is -2.39. The molecule has 0 atom stereocenters. The Hall–Kier alpha value is -2.31. The second-order valence-electron chi connectivity index (χ2n) is 7.85. The van der Waals surface area contributed by atoms with Crippen LogP contribution in [0.1, 0.15) is 25.0 Å². The number of aryl methyl sites for hydroxylation is 1. The summed E-state index contributed by atoms with van der Waals surface area (Å²) in [6.45, 7) is 5.96. The van der Waals surface area contributed by atoms with E-state index in [1.807, 2.05) is 25.1 Å². The maximum atomic E-state index is 13.1. The Morgan fingerprint density at radius 2 is 1.79 bits per heavy atom. The van der Waals surface area contributed by atoms with Crippen LogP contribution in [0.25, 0.3) is 10.9 Å². The molecule has 0 saturated carbocycles. The van der Waals surface area contributed by atoms with Crippen molar-refractivity contribution in [2.45, 2.75) is 32.1 Å². The maximum Gasteiger partial charge on any atom is 0.268 e. The molecule has 3 rings (SSSR count). The van der Waals surface area contributed by atoms with Crippen molar-refractivity contribution in [3.05, 3.63) is 65.9 Å². The van der Waals surface area contributed by atoms with Crippen molar-refractivity contribution >= 4 is 38.4 Å². The average Bonchev–Trinajstić information content (AvgIpc) is 3.12. The van der Waals surface area contributed by atoms with Gasteiger partial charge in [-0.05, 0) is 57.0 Å². The lowest BCUT2D eigenvalue weighted by atomic mass is 9.95. The van der Waals surface area contributed by atoms with Gasteiger partial charge in [-0.15, -0.1) is 11.6 Å². The molecule has 29 heavy (non-hydrogen) atoms. The lowest BCUT2D eigenvalue weighted by Gasteiger charge is -2.20. The predicted octanol–water partition coefficient (Wildman–Crippen LogP) is 4.11. The van der Waals surface area contributed by atoms with Gasteiger partial charge in [0.2, 0.25) is 5.91 Å². The summed E-state index contributed by atoms with van der Waals surface area (Å²) < 4.78 is 27.5. The molecule has 0 fully saturated rings. The number of nitrogens with zero attached hydrogens (tertiary/aromatic N) is 1. The maximum absolute atomic E-state index is 13.1. The number of nitrogens with one attached hydrogen (secondary N) is 1. The molecule has 0 unspecified atom stereocenters. The minimum atomic E-state index is -3.68. The number of benzene rings is 2. The Bertz CT molecular complexity index is 1130. The van der Waals surface area contributed by atoms with Crippen molar-refractivity contribution in [3.63, 3.8) is 0 Å². The zero-order valence-corrected chi connectivity index (χ0v) is 18.3. The van der Waals surface area contributed by atoms with Crippen LogP contribution in [-0.2, 0) is 21.2 Å². The van der Waals surface area contributed by atoms with Gasteiger partial charge in [0.1, 0.15) is 0 Å². The van der Waals surface area contributed by atoms with Gasteiger partial charge in [0.15, 0.2) is 0 Å². The number of amides is 1. The number of rotatable bonds is 7. The summed E-state index contributed by atoms with van der Waals surface area (Å²) in [6.07, 6.45) is 2.17. The molecule has 7 heteroatoms. The van der Waals surface area contributed by atoms with E-state index in [0.717, 1.165) is 16.5 Å². The molecular weight excluding hydrogens is 408 g/mol. The predicted molar refractivity (Wildman–Crippen MR) is 117 cm³/mol. The Kier molecular flexibility index (Phi) is 6.05. The quantitative estimate of drug-likeness (QED) is 0.571. The number of fused-ring (bicyclic) bond motifs is 1. The fourth-order valence-electron chi connectivity index (χ4n) is 2.96. The molecule has 3 aromatic rings. The van der Waals surface area contributed by atoms with Crippen molar-refractivity contribution in [1.29, 1.82) is 0 Å². The van der Waals surface area contributed by atoms with Crippen LogP contribution in [-0.4, -0.2) is 30.7 Å². The Labute approximate surface area is 176 Å². The third-order valence-electron chi connectivity index (χ3n) is 4.95. The molecule has 1 heterocycles. The molecule has 0 saturated heterocycles. The summed E-state index contributed by atoms with van der Waals surface area (Å²) in [4.78, 5) is 12.4. The van der Waals surface area contributed by atoms with E-state index < -0.39 is 15.4 Å². The standard InChI is InChI=1S/C22H25ClN2O3S/c1-16-4-8-19(9-5-16)29(27,28)25-13-11-18-7-6-17(14-20(18)25)10-12-24-21(26)22(2,3)15-23/h4-9,11,13-14H,10,12,15H2,1-3H3,(H,24,26). The topological polar surface area (TPSA) is 68.2 Å². The highest BCUT2D eigenvalue weighted by Gasteiger charge is 2.25. The van der Waals surface area contributed by atoms with Crippen LogP contribution in [0, 0.1) is 12.3 Å². The van der Waals surface area contributed by atoms with Crippen LogP contribution < -0.4 is 5.32 Å². The van der Waals surface area contributed by atoms with Crippen LogP contribution >= 0.6 is 11.6 Å². The minimum Gasteiger partial charge on any atom is -0.355 e. The molecule has 0 aliphatic heterocycles. The average molecular weight is 433 g/mol. The third kappa shape index (κ3) is 4.49. The molecule has 2 aromatic carbocycles. The van der Waals surface area contributed by atoms with E-state index in [1.165, 1.54) is 3.97 Å². The Morgan fingerprint density at radius 3 is 2.45 bits per heavy atom. The number of hydrogen-bond donors (Lipinski definition) is 1. The van der Waals surface area contributed by atoms with Gasteiger partial charge >= 0.3 is 0 Å². The number of halogens is 1. The van der Waals surface area contributed by atoms with Crippen LogP contribution in [0.2, 0.25) is 0 Å². The van der Waals surface area contributed by atoms with Crippen molar-refractivity contribution in [3.8, 4) is 0 Å². The van der Waals surface area contributed by atoms with E-state index in [0.29, 0.717) is 18.5 Å². The van der Waals surface area contributed by atoms with E-state index in [2.05, 4.69) is 5.32 Å². The van der Waals surface area contributed by atoms with E-state index in [-0.39, 0.29) is 16.7 Å². The molecule has 5 nitrogen and oxygen atoms in total. The van der Waals surface area contributed by atoms with Gasteiger partial charge in [-0.2, -0.15) is 0 Å². The van der Waals surface area contributed by atoms with Gasteiger partial charge in [0.05, 0.1) is 15.8 Å². The summed E-state index contributed by atoms with van der Waals surface area (Å²) in [5, 5.41) is 3.74. The van der Waals surface area contributed by atoms with E-state index in [4.69, 9.17) is 11.6 Å². The monoisotopic (exact) mass is 432 g/mol. The molecule has 1 aromatic heterocycles. The molecule has 1 N–H and O–H groups in total. The van der Waals surface area contributed by atoms with E-state index >= 15 is 0 Å². The normalized spacial score (nSPS) is 12.3. The van der Waals surface area contributed by atoms with Gasteiger partial charge in [-0.3, -0.25) is 4.79 Å². The van der Waals surface area contributed by atoms with Gasteiger partial charge in [0, 0.05) is 24.0 Å². The first-order valence-electron chi connectivity index (χ1n) is 9.42. The van der Waals surface area contributed by atoms with Crippen molar-refractivity contribution in [2.75, 3.05) is 12.4 Å². The second kappa shape index (κ2) is 8.20. The van der Waals surface area contributed by atoms with Crippen molar-refractivity contribution < 1.29 is 13.2 Å². The SMILES string of the molecule is Cc1ccc(S(=O)(=O)n2ccc3ccc(CCNC(=O)C(C)(C)CCl)cc32)cc1.